The second-order valence-corrected chi connectivity index (χ2v) is 5.15. The minimum atomic E-state index is 0.347. The zero-order valence-electron chi connectivity index (χ0n) is 12.1. The summed E-state index contributed by atoms with van der Waals surface area (Å²) in [6.45, 7) is 3.05. The van der Waals surface area contributed by atoms with Gasteiger partial charge < -0.3 is 9.88 Å². The van der Waals surface area contributed by atoms with Crippen molar-refractivity contribution in [2.45, 2.75) is 19.5 Å². The Bertz CT molecular complexity index is 657. The van der Waals surface area contributed by atoms with Crippen LogP contribution in [0.2, 0.25) is 0 Å². The van der Waals surface area contributed by atoms with Gasteiger partial charge in [0, 0.05) is 30.7 Å². The van der Waals surface area contributed by atoms with Crippen molar-refractivity contribution in [1.82, 2.24) is 14.9 Å². The fourth-order valence-corrected chi connectivity index (χ4v) is 2.33. The summed E-state index contributed by atoms with van der Waals surface area (Å²) in [6.07, 6.45) is 5.55. The zero-order chi connectivity index (χ0) is 14.5. The molecule has 106 valence electrons. The van der Waals surface area contributed by atoms with Gasteiger partial charge in [-0.3, -0.25) is 0 Å². The topological polar surface area (TPSA) is 29.9 Å². The Morgan fingerprint density at radius 3 is 2.48 bits per heavy atom. The van der Waals surface area contributed by atoms with Gasteiger partial charge in [-0.15, -0.1) is 0 Å². The highest BCUT2D eigenvalue weighted by Gasteiger charge is 2.04. The molecule has 3 heteroatoms. The predicted octanol–water partition coefficient (Wildman–Crippen LogP) is 3.72. The number of imidazole rings is 1. The van der Waals surface area contributed by atoms with Gasteiger partial charge >= 0.3 is 0 Å². The highest BCUT2D eigenvalue weighted by molar-refractivity contribution is 5.34. The molecule has 3 aromatic rings. The molecule has 0 fully saturated rings. The van der Waals surface area contributed by atoms with Crippen LogP contribution in [0.25, 0.3) is 5.69 Å². The molecule has 3 rings (SSSR count). The molecule has 0 aliphatic rings. The van der Waals surface area contributed by atoms with E-state index in [1.54, 1.807) is 6.20 Å². The monoisotopic (exact) mass is 277 g/mol. The van der Waals surface area contributed by atoms with E-state index in [2.05, 4.69) is 65.8 Å². The first-order chi connectivity index (χ1) is 10.3. The minimum absolute atomic E-state index is 0.347. The molecule has 0 spiro atoms. The molecular weight excluding hydrogens is 258 g/mol. The first kappa shape index (κ1) is 13.6. The quantitative estimate of drug-likeness (QED) is 0.770. The van der Waals surface area contributed by atoms with Crippen LogP contribution >= 0.6 is 0 Å². The number of benzene rings is 2. The van der Waals surface area contributed by atoms with E-state index < -0.39 is 0 Å². The summed E-state index contributed by atoms with van der Waals surface area (Å²) in [5.74, 6) is 0. The van der Waals surface area contributed by atoms with Crippen molar-refractivity contribution in [3.63, 3.8) is 0 Å². The molecule has 1 aromatic heterocycles. The maximum absolute atomic E-state index is 4.06. The Labute approximate surface area is 125 Å². The van der Waals surface area contributed by atoms with Gasteiger partial charge in [-0.2, -0.15) is 0 Å². The van der Waals surface area contributed by atoms with Gasteiger partial charge in [0.1, 0.15) is 0 Å². The van der Waals surface area contributed by atoms with E-state index in [0.717, 1.165) is 12.2 Å². The third-order valence-corrected chi connectivity index (χ3v) is 3.65. The second kappa shape index (κ2) is 6.37. The van der Waals surface area contributed by atoms with Gasteiger partial charge in [0.2, 0.25) is 0 Å². The van der Waals surface area contributed by atoms with Gasteiger partial charge in [0.25, 0.3) is 0 Å². The van der Waals surface area contributed by atoms with Crippen LogP contribution in [0.4, 0.5) is 0 Å². The number of nitrogens with zero attached hydrogens (tertiary/aromatic N) is 2. The molecule has 0 aliphatic heterocycles. The van der Waals surface area contributed by atoms with Crippen molar-refractivity contribution < 1.29 is 0 Å². The van der Waals surface area contributed by atoms with E-state index in [1.807, 2.05) is 23.2 Å². The lowest BCUT2D eigenvalue weighted by Gasteiger charge is -2.14. The number of hydrogen-bond acceptors (Lipinski definition) is 2. The van der Waals surface area contributed by atoms with Gasteiger partial charge in [-0.05, 0) is 30.2 Å². The molecule has 0 unspecified atom stereocenters. The largest absolute Gasteiger partial charge is 0.306 e. The van der Waals surface area contributed by atoms with Gasteiger partial charge in [0.15, 0.2) is 0 Å². The first-order valence-corrected chi connectivity index (χ1v) is 7.18. The van der Waals surface area contributed by atoms with E-state index in [0.29, 0.717) is 6.04 Å². The van der Waals surface area contributed by atoms with Crippen LogP contribution in [0.3, 0.4) is 0 Å². The molecule has 1 atom stereocenters. The second-order valence-electron chi connectivity index (χ2n) is 5.15. The van der Waals surface area contributed by atoms with E-state index in [9.17, 15) is 0 Å². The standard InChI is InChI=1S/C18H19N3/c1-15(17-5-3-2-4-6-17)20-13-16-7-9-18(10-8-16)21-12-11-19-14-21/h2-12,14-15,20H,13H2,1H3/t15-/m1/s1. The molecule has 3 nitrogen and oxygen atoms in total. The van der Waals surface area contributed by atoms with Crippen molar-refractivity contribution in [3.8, 4) is 5.69 Å². The number of hydrogen-bond donors (Lipinski definition) is 1. The van der Waals surface area contributed by atoms with Crippen LogP contribution < -0.4 is 5.32 Å². The average molecular weight is 277 g/mol. The molecule has 1 heterocycles. The molecule has 21 heavy (non-hydrogen) atoms. The molecule has 0 saturated heterocycles. The molecule has 0 amide bonds. The lowest BCUT2D eigenvalue weighted by molar-refractivity contribution is 0.574. The molecule has 0 bridgehead atoms. The Hall–Kier alpha value is -2.39. The summed E-state index contributed by atoms with van der Waals surface area (Å²) in [5.41, 5.74) is 3.72. The number of aromatic nitrogens is 2. The third-order valence-electron chi connectivity index (χ3n) is 3.65. The van der Waals surface area contributed by atoms with Crippen molar-refractivity contribution in [3.05, 3.63) is 84.4 Å². The first-order valence-electron chi connectivity index (χ1n) is 7.18. The highest BCUT2D eigenvalue weighted by Crippen LogP contribution is 2.13. The summed E-state index contributed by atoms with van der Waals surface area (Å²) >= 11 is 0. The molecule has 0 saturated carbocycles. The molecule has 2 aromatic carbocycles. The minimum Gasteiger partial charge on any atom is -0.306 e. The van der Waals surface area contributed by atoms with E-state index in [-0.39, 0.29) is 0 Å². The van der Waals surface area contributed by atoms with Crippen LogP contribution in [0.1, 0.15) is 24.1 Å². The summed E-state index contributed by atoms with van der Waals surface area (Å²) in [7, 11) is 0. The normalized spacial score (nSPS) is 12.2. The SMILES string of the molecule is C[C@@H](NCc1ccc(-n2ccnc2)cc1)c1ccccc1. The van der Waals surface area contributed by atoms with Crippen LogP contribution in [-0.4, -0.2) is 9.55 Å². The maximum Gasteiger partial charge on any atom is 0.0991 e. The lowest BCUT2D eigenvalue weighted by atomic mass is 10.1. The Morgan fingerprint density at radius 2 is 1.81 bits per heavy atom. The number of rotatable bonds is 5. The van der Waals surface area contributed by atoms with Gasteiger partial charge in [-0.1, -0.05) is 42.5 Å². The van der Waals surface area contributed by atoms with Crippen molar-refractivity contribution in [2.75, 3.05) is 0 Å². The smallest absolute Gasteiger partial charge is 0.0991 e. The summed E-state index contributed by atoms with van der Waals surface area (Å²) in [6, 6.07) is 19.4. The maximum atomic E-state index is 4.06. The van der Waals surface area contributed by atoms with Crippen LogP contribution in [0.15, 0.2) is 73.3 Å². The van der Waals surface area contributed by atoms with E-state index >= 15 is 0 Å². The Kier molecular flexibility index (Phi) is 4.12. The zero-order valence-corrected chi connectivity index (χ0v) is 12.1. The van der Waals surface area contributed by atoms with Crippen molar-refractivity contribution >= 4 is 0 Å². The van der Waals surface area contributed by atoms with Gasteiger partial charge in [-0.25, -0.2) is 4.98 Å². The van der Waals surface area contributed by atoms with Crippen LogP contribution in [0.5, 0.6) is 0 Å². The van der Waals surface area contributed by atoms with Crippen molar-refractivity contribution in [1.29, 1.82) is 0 Å². The summed E-state index contributed by atoms with van der Waals surface area (Å²) in [4.78, 5) is 4.06. The fraction of sp³-hybridized carbons (Fsp3) is 0.167. The van der Waals surface area contributed by atoms with E-state index in [4.69, 9.17) is 0 Å². The third kappa shape index (κ3) is 3.38. The summed E-state index contributed by atoms with van der Waals surface area (Å²) in [5, 5.41) is 3.55. The van der Waals surface area contributed by atoms with Crippen LogP contribution in [-0.2, 0) is 6.54 Å². The van der Waals surface area contributed by atoms with E-state index in [1.165, 1.54) is 11.1 Å². The number of nitrogens with one attached hydrogen (secondary N) is 1. The van der Waals surface area contributed by atoms with Crippen molar-refractivity contribution in [2.24, 2.45) is 0 Å². The average Bonchev–Trinajstić information content (AvgIpc) is 3.08. The Morgan fingerprint density at radius 1 is 1.05 bits per heavy atom. The van der Waals surface area contributed by atoms with Crippen LogP contribution in [0, 0.1) is 0 Å². The highest BCUT2D eigenvalue weighted by atomic mass is 15.0. The predicted molar refractivity (Wildman–Crippen MR) is 85.3 cm³/mol. The molecule has 0 aliphatic carbocycles. The van der Waals surface area contributed by atoms with Gasteiger partial charge in [0.05, 0.1) is 6.33 Å². The molecular formula is C18H19N3. The molecule has 0 radical (unpaired) electrons. The summed E-state index contributed by atoms with van der Waals surface area (Å²) < 4.78 is 2.00. The molecule has 1 N–H and O–H groups in total. The lowest BCUT2D eigenvalue weighted by Crippen LogP contribution is -2.17. The fourth-order valence-electron chi connectivity index (χ4n) is 2.33. The Balaban J connectivity index is 1.61.